The number of hydrogen-bond donors (Lipinski definition) is 2. The number of nitrogens with zero attached hydrogens (tertiary/aromatic N) is 1. The van der Waals surface area contributed by atoms with Gasteiger partial charge in [-0.05, 0) is 30.2 Å². The van der Waals surface area contributed by atoms with Crippen molar-refractivity contribution in [3.05, 3.63) is 35.7 Å². The van der Waals surface area contributed by atoms with Crippen molar-refractivity contribution in [2.45, 2.75) is 13.8 Å². The minimum absolute atomic E-state index is 0.231. The maximum Gasteiger partial charge on any atom is 0.251 e. The van der Waals surface area contributed by atoms with E-state index >= 15 is 0 Å². The van der Waals surface area contributed by atoms with Gasteiger partial charge in [0.2, 0.25) is 5.91 Å². The molecule has 0 fully saturated rings. The van der Waals surface area contributed by atoms with Crippen LogP contribution in [0.3, 0.4) is 0 Å². The Morgan fingerprint density at radius 1 is 1.32 bits per heavy atom. The molecule has 0 aliphatic rings. The van der Waals surface area contributed by atoms with Crippen LogP contribution in [0, 0.1) is 6.92 Å². The number of nitrogens with two attached hydrogens (primary N) is 1. The van der Waals surface area contributed by atoms with Gasteiger partial charge < -0.3 is 11.1 Å². The first-order valence-electron chi connectivity index (χ1n) is 5.62. The normalized spacial score (nSPS) is 10.2. The molecule has 0 bridgehead atoms. The summed E-state index contributed by atoms with van der Waals surface area (Å²) in [6, 6.07) is 3.70. The van der Waals surface area contributed by atoms with Gasteiger partial charge in [0.1, 0.15) is 5.00 Å². The summed E-state index contributed by atoms with van der Waals surface area (Å²) < 4.78 is 0. The van der Waals surface area contributed by atoms with Crippen molar-refractivity contribution in [2.24, 2.45) is 5.73 Å². The second-order valence-corrected chi connectivity index (χ2v) is 5.06. The molecule has 0 spiro atoms. The highest BCUT2D eigenvalue weighted by Crippen LogP contribution is 2.39. The third-order valence-corrected chi connectivity index (χ3v) is 3.88. The molecule has 0 unspecified atom stereocenters. The van der Waals surface area contributed by atoms with Gasteiger partial charge in [-0.15, -0.1) is 11.3 Å². The highest BCUT2D eigenvalue weighted by atomic mass is 32.1. The molecule has 0 atom stereocenters. The van der Waals surface area contributed by atoms with Crippen LogP contribution in [-0.2, 0) is 4.79 Å². The predicted octanol–water partition coefficient (Wildman–Crippen LogP) is 2.18. The summed E-state index contributed by atoms with van der Waals surface area (Å²) in [5.41, 5.74) is 7.47. The van der Waals surface area contributed by atoms with E-state index in [2.05, 4.69) is 10.3 Å². The minimum Gasteiger partial charge on any atom is -0.365 e. The van der Waals surface area contributed by atoms with Gasteiger partial charge in [-0.3, -0.25) is 14.6 Å². The van der Waals surface area contributed by atoms with E-state index in [1.54, 1.807) is 12.4 Å². The standard InChI is InChI=1S/C13H13N3O2S/c1-7-10(12(14)18)13(16-8(2)17)19-11(7)9-3-5-15-6-4-9/h3-6H,1-2H3,(H2,14,18)(H,16,17). The Balaban J connectivity index is 2.58. The average Bonchev–Trinajstić information content (AvgIpc) is 2.66. The number of pyridine rings is 1. The molecule has 98 valence electrons. The fourth-order valence-electron chi connectivity index (χ4n) is 1.84. The first kappa shape index (κ1) is 13.2. The summed E-state index contributed by atoms with van der Waals surface area (Å²) in [6.07, 6.45) is 3.35. The maximum atomic E-state index is 11.5. The first-order chi connectivity index (χ1) is 9.00. The lowest BCUT2D eigenvalue weighted by molar-refractivity contribution is -0.114. The van der Waals surface area contributed by atoms with Crippen LogP contribution in [0.4, 0.5) is 5.00 Å². The fourth-order valence-corrected chi connectivity index (χ4v) is 3.10. The molecule has 3 N–H and O–H groups in total. The number of anilines is 1. The van der Waals surface area contributed by atoms with Gasteiger partial charge in [-0.25, -0.2) is 0 Å². The Morgan fingerprint density at radius 2 is 1.95 bits per heavy atom. The van der Waals surface area contributed by atoms with Gasteiger partial charge in [-0.1, -0.05) is 0 Å². The van der Waals surface area contributed by atoms with Crippen LogP contribution in [-0.4, -0.2) is 16.8 Å². The number of carbonyl (C=O) groups excluding carboxylic acids is 2. The van der Waals surface area contributed by atoms with Crippen LogP contribution in [0.2, 0.25) is 0 Å². The molecule has 0 aliphatic heterocycles. The van der Waals surface area contributed by atoms with Crippen molar-refractivity contribution in [1.82, 2.24) is 4.98 Å². The SMILES string of the molecule is CC(=O)Nc1sc(-c2ccncc2)c(C)c1C(N)=O. The summed E-state index contributed by atoms with van der Waals surface area (Å²) in [6.45, 7) is 3.21. The number of carbonyl (C=O) groups is 2. The predicted molar refractivity (Wildman–Crippen MR) is 75.1 cm³/mol. The zero-order chi connectivity index (χ0) is 14.0. The first-order valence-corrected chi connectivity index (χ1v) is 6.43. The molecule has 2 aromatic heterocycles. The van der Waals surface area contributed by atoms with Gasteiger partial charge in [-0.2, -0.15) is 0 Å². The molecule has 0 saturated carbocycles. The van der Waals surface area contributed by atoms with Crippen molar-refractivity contribution in [3.8, 4) is 10.4 Å². The molecule has 0 radical (unpaired) electrons. The highest BCUT2D eigenvalue weighted by molar-refractivity contribution is 7.20. The highest BCUT2D eigenvalue weighted by Gasteiger charge is 2.20. The summed E-state index contributed by atoms with van der Waals surface area (Å²) in [4.78, 5) is 27.6. The van der Waals surface area contributed by atoms with E-state index < -0.39 is 5.91 Å². The number of hydrogen-bond acceptors (Lipinski definition) is 4. The van der Waals surface area contributed by atoms with E-state index in [0.29, 0.717) is 10.6 Å². The molecular weight excluding hydrogens is 262 g/mol. The number of nitrogens with one attached hydrogen (secondary N) is 1. The molecule has 0 aromatic carbocycles. The number of aromatic nitrogens is 1. The molecule has 2 heterocycles. The van der Waals surface area contributed by atoms with Crippen LogP contribution >= 0.6 is 11.3 Å². The molecular formula is C13H13N3O2S. The van der Waals surface area contributed by atoms with E-state index in [-0.39, 0.29) is 5.91 Å². The van der Waals surface area contributed by atoms with Gasteiger partial charge in [0.05, 0.1) is 5.56 Å². The molecule has 0 aliphatic carbocycles. The molecule has 2 rings (SSSR count). The lowest BCUT2D eigenvalue weighted by atomic mass is 10.1. The molecule has 19 heavy (non-hydrogen) atoms. The third-order valence-electron chi connectivity index (χ3n) is 2.63. The van der Waals surface area contributed by atoms with Gasteiger partial charge >= 0.3 is 0 Å². The number of rotatable bonds is 3. The Bertz CT molecular complexity index is 635. The van der Waals surface area contributed by atoms with Crippen LogP contribution < -0.4 is 11.1 Å². The van der Waals surface area contributed by atoms with E-state index in [4.69, 9.17) is 5.73 Å². The summed E-state index contributed by atoms with van der Waals surface area (Å²) in [5, 5.41) is 3.14. The smallest absolute Gasteiger partial charge is 0.251 e. The summed E-state index contributed by atoms with van der Waals surface area (Å²) in [5.74, 6) is -0.775. The van der Waals surface area contributed by atoms with Crippen molar-refractivity contribution in [3.63, 3.8) is 0 Å². The van der Waals surface area contributed by atoms with E-state index in [9.17, 15) is 9.59 Å². The van der Waals surface area contributed by atoms with Crippen molar-refractivity contribution >= 4 is 28.2 Å². The van der Waals surface area contributed by atoms with E-state index in [0.717, 1.165) is 16.0 Å². The van der Waals surface area contributed by atoms with Gasteiger partial charge in [0.15, 0.2) is 0 Å². The van der Waals surface area contributed by atoms with Crippen molar-refractivity contribution in [1.29, 1.82) is 0 Å². The van der Waals surface area contributed by atoms with Gasteiger partial charge in [0.25, 0.3) is 5.91 Å². The van der Waals surface area contributed by atoms with Crippen LogP contribution in [0.15, 0.2) is 24.5 Å². The zero-order valence-electron chi connectivity index (χ0n) is 10.6. The Labute approximate surface area is 114 Å². The molecule has 2 aromatic rings. The molecule has 5 nitrogen and oxygen atoms in total. The summed E-state index contributed by atoms with van der Waals surface area (Å²) >= 11 is 1.34. The maximum absolute atomic E-state index is 11.5. The summed E-state index contributed by atoms with van der Waals surface area (Å²) in [7, 11) is 0. The van der Waals surface area contributed by atoms with Crippen molar-refractivity contribution < 1.29 is 9.59 Å². The average molecular weight is 275 g/mol. The van der Waals surface area contributed by atoms with Crippen LogP contribution in [0.5, 0.6) is 0 Å². The van der Waals surface area contributed by atoms with Crippen molar-refractivity contribution in [2.75, 3.05) is 5.32 Å². The second kappa shape index (κ2) is 5.19. The lowest BCUT2D eigenvalue weighted by Crippen LogP contribution is -2.15. The fraction of sp³-hybridized carbons (Fsp3) is 0.154. The second-order valence-electron chi connectivity index (χ2n) is 4.04. The topological polar surface area (TPSA) is 85.1 Å². The molecule has 2 amide bonds. The number of amides is 2. The monoisotopic (exact) mass is 275 g/mol. The zero-order valence-corrected chi connectivity index (χ0v) is 11.4. The lowest BCUT2D eigenvalue weighted by Gasteiger charge is -2.01. The van der Waals surface area contributed by atoms with E-state index in [1.807, 2.05) is 19.1 Å². The quantitative estimate of drug-likeness (QED) is 0.900. The number of primary amides is 1. The Kier molecular flexibility index (Phi) is 3.62. The largest absolute Gasteiger partial charge is 0.365 e. The molecule has 6 heteroatoms. The third kappa shape index (κ3) is 2.63. The van der Waals surface area contributed by atoms with Crippen LogP contribution in [0.1, 0.15) is 22.8 Å². The minimum atomic E-state index is -0.544. The van der Waals surface area contributed by atoms with Crippen LogP contribution in [0.25, 0.3) is 10.4 Å². The Hall–Kier alpha value is -2.21. The number of thiophene rings is 1. The molecule has 0 saturated heterocycles. The van der Waals surface area contributed by atoms with Gasteiger partial charge in [0, 0.05) is 24.2 Å². The Morgan fingerprint density at radius 3 is 2.47 bits per heavy atom. The van der Waals surface area contributed by atoms with E-state index in [1.165, 1.54) is 18.3 Å².